The zero-order valence-electron chi connectivity index (χ0n) is 11.9. The van der Waals surface area contributed by atoms with Crippen LogP contribution in [0.15, 0.2) is 11.6 Å². The Morgan fingerprint density at radius 2 is 2.30 bits per heavy atom. The SMILES string of the molecule is C[C@@H]1[C@@H](C)SCCN1C(=O)N[C@@H](c1nccs1)C1CC1. The smallest absolute Gasteiger partial charge is 0.318 e. The Labute approximate surface area is 128 Å². The van der Waals surface area contributed by atoms with E-state index < -0.39 is 0 Å². The van der Waals surface area contributed by atoms with E-state index in [1.54, 1.807) is 11.3 Å². The molecule has 2 amide bonds. The number of hydrogen-bond acceptors (Lipinski definition) is 4. The van der Waals surface area contributed by atoms with Crippen molar-refractivity contribution in [2.24, 2.45) is 5.92 Å². The summed E-state index contributed by atoms with van der Waals surface area (Å²) in [5, 5.41) is 6.77. The van der Waals surface area contributed by atoms with E-state index in [1.165, 1.54) is 12.8 Å². The molecule has 0 radical (unpaired) electrons. The van der Waals surface area contributed by atoms with Crippen LogP contribution in [0.2, 0.25) is 0 Å². The van der Waals surface area contributed by atoms with Crippen LogP contribution in [0.5, 0.6) is 0 Å². The Morgan fingerprint density at radius 3 is 2.95 bits per heavy atom. The quantitative estimate of drug-likeness (QED) is 0.933. The fourth-order valence-electron chi connectivity index (χ4n) is 2.63. The van der Waals surface area contributed by atoms with E-state index in [0.29, 0.717) is 17.2 Å². The zero-order chi connectivity index (χ0) is 14.1. The monoisotopic (exact) mass is 311 g/mol. The van der Waals surface area contributed by atoms with Gasteiger partial charge in [-0.2, -0.15) is 11.8 Å². The number of thiazole rings is 1. The molecule has 6 heteroatoms. The molecule has 4 nitrogen and oxygen atoms in total. The third-order valence-corrected chi connectivity index (χ3v) is 6.43. The molecule has 0 bridgehead atoms. The van der Waals surface area contributed by atoms with Crippen molar-refractivity contribution in [3.05, 3.63) is 16.6 Å². The van der Waals surface area contributed by atoms with Crippen molar-refractivity contribution in [1.29, 1.82) is 0 Å². The summed E-state index contributed by atoms with van der Waals surface area (Å²) in [5.74, 6) is 1.61. The predicted molar refractivity (Wildman–Crippen MR) is 84.2 cm³/mol. The average molecular weight is 311 g/mol. The lowest BCUT2D eigenvalue weighted by molar-refractivity contribution is 0.175. The largest absolute Gasteiger partial charge is 0.328 e. The highest BCUT2D eigenvalue weighted by molar-refractivity contribution is 8.00. The molecule has 2 aliphatic rings. The average Bonchev–Trinajstić information content (AvgIpc) is 3.13. The van der Waals surface area contributed by atoms with Crippen LogP contribution in [-0.2, 0) is 0 Å². The third-order valence-electron chi connectivity index (χ3n) is 4.23. The van der Waals surface area contributed by atoms with Gasteiger partial charge in [0.1, 0.15) is 5.01 Å². The normalized spacial score (nSPS) is 28.2. The molecule has 1 aromatic rings. The number of nitrogens with one attached hydrogen (secondary N) is 1. The van der Waals surface area contributed by atoms with Crippen molar-refractivity contribution in [3.8, 4) is 0 Å². The van der Waals surface area contributed by atoms with Crippen LogP contribution in [0.3, 0.4) is 0 Å². The van der Waals surface area contributed by atoms with Crippen molar-refractivity contribution in [2.45, 2.75) is 44.0 Å². The molecule has 0 unspecified atom stereocenters. The third kappa shape index (κ3) is 2.96. The minimum Gasteiger partial charge on any atom is -0.328 e. The van der Waals surface area contributed by atoms with Gasteiger partial charge in [-0.3, -0.25) is 0 Å². The van der Waals surface area contributed by atoms with Gasteiger partial charge in [0, 0.05) is 35.2 Å². The van der Waals surface area contributed by atoms with Gasteiger partial charge in [0.25, 0.3) is 0 Å². The summed E-state index contributed by atoms with van der Waals surface area (Å²) in [6, 6.07) is 0.487. The Kier molecular flexibility index (Phi) is 4.21. The fourth-order valence-corrected chi connectivity index (χ4v) is 4.51. The second-order valence-corrected chi connectivity index (χ2v) is 8.06. The first kappa shape index (κ1) is 14.2. The summed E-state index contributed by atoms with van der Waals surface area (Å²) < 4.78 is 0. The zero-order valence-corrected chi connectivity index (χ0v) is 13.5. The van der Waals surface area contributed by atoms with E-state index in [4.69, 9.17) is 0 Å². The molecule has 110 valence electrons. The molecule has 20 heavy (non-hydrogen) atoms. The van der Waals surface area contributed by atoms with Gasteiger partial charge in [-0.1, -0.05) is 6.92 Å². The van der Waals surface area contributed by atoms with Crippen LogP contribution in [0.25, 0.3) is 0 Å². The molecule has 1 saturated carbocycles. The molecule has 2 fully saturated rings. The maximum absolute atomic E-state index is 12.6. The molecule has 0 aromatic carbocycles. The summed E-state index contributed by atoms with van der Waals surface area (Å²) in [7, 11) is 0. The molecule has 3 atom stereocenters. The first-order valence-corrected chi connectivity index (χ1v) is 9.18. The first-order chi connectivity index (χ1) is 9.66. The van der Waals surface area contributed by atoms with Crippen LogP contribution in [0, 0.1) is 5.92 Å². The van der Waals surface area contributed by atoms with E-state index in [1.807, 2.05) is 28.2 Å². The van der Waals surface area contributed by atoms with Gasteiger partial charge in [0.05, 0.1) is 6.04 Å². The number of urea groups is 1. The summed E-state index contributed by atoms with van der Waals surface area (Å²) >= 11 is 3.59. The van der Waals surface area contributed by atoms with Gasteiger partial charge in [-0.15, -0.1) is 11.3 Å². The highest BCUT2D eigenvalue weighted by Crippen LogP contribution is 2.41. The molecule has 1 aromatic heterocycles. The lowest BCUT2D eigenvalue weighted by atomic mass is 10.2. The van der Waals surface area contributed by atoms with Crippen molar-refractivity contribution in [3.63, 3.8) is 0 Å². The van der Waals surface area contributed by atoms with Crippen LogP contribution < -0.4 is 5.32 Å². The number of aromatic nitrogens is 1. The molecule has 1 aliphatic heterocycles. The van der Waals surface area contributed by atoms with E-state index >= 15 is 0 Å². The lowest BCUT2D eigenvalue weighted by Crippen LogP contribution is -2.52. The maximum atomic E-state index is 12.6. The van der Waals surface area contributed by atoms with Gasteiger partial charge in [0.15, 0.2) is 0 Å². The Hall–Kier alpha value is -0.750. The molecule has 1 N–H and O–H groups in total. The topological polar surface area (TPSA) is 45.2 Å². The predicted octanol–water partition coefficient (Wildman–Crippen LogP) is 3.13. The first-order valence-electron chi connectivity index (χ1n) is 7.25. The van der Waals surface area contributed by atoms with E-state index in [9.17, 15) is 4.79 Å². The number of carbonyl (C=O) groups excluding carboxylic acids is 1. The van der Waals surface area contributed by atoms with Crippen LogP contribution in [-0.4, -0.2) is 39.5 Å². The molecular weight excluding hydrogens is 290 g/mol. The maximum Gasteiger partial charge on any atom is 0.318 e. The molecule has 3 rings (SSSR count). The van der Waals surface area contributed by atoms with Gasteiger partial charge < -0.3 is 10.2 Å². The second-order valence-electron chi connectivity index (χ2n) is 5.64. The van der Waals surface area contributed by atoms with Gasteiger partial charge in [-0.25, -0.2) is 9.78 Å². The molecular formula is C14H21N3OS2. The Bertz CT molecular complexity index is 461. The number of carbonyl (C=O) groups is 1. The lowest BCUT2D eigenvalue weighted by Gasteiger charge is -2.38. The molecule has 0 spiro atoms. The standard InChI is InChI=1S/C14H21N3OS2/c1-9-10(2)19-8-6-17(9)14(18)16-12(11-3-4-11)13-15-5-7-20-13/h5,7,9-12H,3-4,6,8H2,1-2H3,(H,16,18)/t9-,10-,12-/m1/s1. The highest BCUT2D eigenvalue weighted by atomic mass is 32.2. The van der Waals surface area contributed by atoms with Gasteiger partial charge in [-0.05, 0) is 25.7 Å². The minimum absolute atomic E-state index is 0.0803. The highest BCUT2D eigenvalue weighted by Gasteiger charge is 2.37. The molecule has 1 saturated heterocycles. The van der Waals surface area contributed by atoms with E-state index in [-0.39, 0.29) is 12.1 Å². The van der Waals surface area contributed by atoms with Gasteiger partial charge >= 0.3 is 6.03 Å². The van der Waals surface area contributed by atoms with Crippen LogP contribution in [0.4, 0.5) is 4.79 Å². The number of nitrogens with zero attached hydrogens (tertiary/aromatic N) is 2. The van der Waals surface area contributed by atoms with Crippen molar-refractivity contribution < 1.29 is 4.79 Å². The van der Waals surface area contributed by atoms with Crippen LogP contribution in [0.1, 0.15) is 37.7 Å². The summed E-state index contributed by atoms with van der Waals surface area (Å²) in [4.78, 5) is 19.0. The van der Waals surface area contributed by atoms with Crippen LogP contribution >= 0.6 is 23.1 Å². The summed E-state index contributed by atoms with van der Waals surface area (Å²) in [5.41, 5.74) is 0. The summed E-state index contributed by atoms with van der Waals surface area (Å²) in [6.45, 7) is 5.19. The van der Waals surface area contributed by atoms with Crippen molar-refractivity contribution >= 4 is 29.1 Å². The molecule has 2 heterocycles. The Balaban J connectivity index is 1.67. The van der Waals surface area contributed by atoms with E-state index in [2.05, 4.69) is 24.1 Å². The van der Waals surface area contributed by atoms with E-state index in [0.717, 1.165) is 17.3 Å². The number of thioether (sulfide) groups is 1. The minimum atomic E-state index is 0.0803. The van der Waals surface area contributed by atoms with Crippen molar-refractivity contribution in [2.75, 3.05) is 12.3 Å². The number of rotatable bonds is 3. The second kappa shape index (κ2) is 5.93. The number of amides is 2. The van der Waals surface area contributed by atoms with Crippen molar-refractivity contribution in [1.82, 2.24) is 15.2 Å². The molecule has 1 aliphatic carbocycles. The Morgan fingerprint density at radius 1 is 1.50 bits per heavy atom. The summed E-state index contributed by atoms with van der Waals surface area (Å²) in [6.07, 6.45) is 4.22. The fraction of sp³-hybridized carbons (Fsp3) is 0.714. The van der Waals surface area contributed by atoms with Gasteiger partial charge in [0.2, 0.25) is 0 Å². The number of hydrogen-bond donors (Lipinski definition) is 1.